The molecule has 29 valence electrons. The maximum atomic E-state index is 3.86. The number of rotatable bonds is 1. The molecule has 0 heterocycles. The van der Waals surface area contributed by atoms with E-state index in [0.29, 0.717) is 0 Å². The minimum absolute atomic E-state index is 0. The Kier molecular flexibility index (Phi) is 16.8. The Balaban J connectivity index is 0. The van der Waals surface area contributed by atoms with Crippen molar-refractivity contribution in [3.8, 4) is 0 Å². The van der Waals surface area contributed by atoms with E-state index in [1.165, 1.54) is 0 Å². The summed E-state index contributed by atoms with van der Waals surface area (Å²) in [5, 5.41) is 0. The fourth-order valence-electron chi connectivity index (χ4n) is 0. The van der Waals surface area contributed by atoms with Gasteiger partial charge in [-0.1, -0.05) is 6.92 Å². The second kappa shape index (κ2) is 8.91. The minimum Gasteiger partial charge on any atom is -0.179 e. The predicted molar refractivity (Wildman–Crippen MR) is 23.8 cm³/mol. The first kappa shape index (κ1) is 9.42. The van der Waals surface area contributed by atoms with Crippen molar-refractivity contribution in [1.82, 2.24) is 0 Å². The normalized spacial score (nSPS) is 6.00. The van der Waals surface area contributed by atoms with E-state index in [9.17, 15) is 0 Å². The average Bonchev–Trinajstić information content (AvgIpc) is 1.37. The molecular weight excluding hydrogens is 116 g/mol. The Morgan fingerprint density at radius 1 is 1.60 bits per heavy atom. The maximum absolute atomic E-state index is 3.86. The van der Waals surface area contributed by atoms with E-state index >= 15 is 0 Å². The molecule has 0 aromatic rings. The molecule has 0 spiro atoms. The first-order valence-electron chi connectivity index (χ1n) is 1.32. The van der Waals surface area contributed by atoms with Gasteiger partial charge >= 0.3 is 0 Å². The topological polar surface area (TPSA) is 0 Å². The summed E-state index contributed by atoms with van der Waals surface area (Å²) in [6, 6.07) is 0. The quantitative estimate of drug-likeness (QED) is 0.392. The molecule has 0 aliphatic carbocycles. The van der Waals surface area contributed by atoms with E-state index in [1.54, 1.807) is 0 Å². The van der Waals surface area contributed by atoms with Gasteiger partial charge in [-0.2, -0.15) is 12.6 Å². The second-order valence-electron chi connectivity index (χ2n) is 0.577. The molecule has 2 heteroatoms. The van der Waals surface area contributed by atoms with Crippen molar-refractivity contribution in [1.29, 1.82) is 0 Å². The number of hydrogen-bond donors (Lipinski definition) is 1. The first-order valence-corrected chi connectivity index (χ1v) is 1.95. The summed E-state index contributed by atoms with van der Waals surface area (Å²) < 4.78 is 0. The van der Waals surface area contributed by atoms with Gasteiger partial charge in [-0.05, 0) is 12.2 Å². The maximum Gasteiger partial charge on any atom is 0 e. The van der Waals surface area contributed by atoms with E-state index in [0.717, 1.165) is 12.2 Å². The van der Waals surface area contributed by atoms with Crippen molar-refractivity contribution in [3.05, 3.63) is 6.92 Å². The SMILES string of the molecule is [CH2]CCS.[Ti]. The van der Waals surface area contributed by atoms with E-state index in [1.807, 2.05) is 0 Å². The molecule has 0 nitrogen and oxygen atoms in total. The molecular formula is C3H7STi. The van der Waals surface area contributed by atoms with Crippen molar-refractivity contribution >= 4 is 12.6 Å². The van der Waals surface area contributed by atoms with Crippen molar-refractivity contribution in [3.63, 3.8) is 0 Å². The fraction of sp³-hybridized carbons (Fsp3) is 0.667. The molecule has 0 aromatic heterocycles. The Morgan fingerprint density at radius 3 is 1.80 bits per heavy atom. The molecule has 5 heavy (non-hydrogen) atoms. The summed E-state index contributed by atoms with van der Waals surface area (Å²) in [5.41, 5.74) is 0. The first-order chi connectivity index (χ1) is 1.91. The Hall–Kier alpha value is 1.06. The molecule has 0 aliphatic heterocycles. The molecule has 0 aromatic carbocycles. The van der Waals surface area contributed by atoms with Gasteiger partial charge in [-0.15, -0.1) is 0 Å². The van der Waals surface area contributed by atoms with Crippen LogP contribution in [-0.2, 0) is 21.7 Å². The minimum atomic E-state index is 0. The third-order valence-electron chi connectivity index (χ3n) is 0.158. The van der Waals surface area contributed by atoms with E-state index in [2.05, 4.69) is 19.6 Å². The number of thiol groups is 1. The van der Waals surface area contributed by atoms with Gasteiger partial charge in [0.1, 0.15) is 0 Å². The Bertz CT molecular complexity index is 8.85. The van der Waals surface area contributed by atoms with Crippen LogP contribution in [-0.4, -0.2) is 5.75 Å². The molecule has 0 bridgehead atoms. The summed E-state index contributed by atoms with van der Waals surface area (Å²) >= 11 is 3.86. The molecule has 0 saturated heterocycles. The van der Waals surface area contributed by atoms with Crippen molar-refractivity contribution < 1.29 is 21.7 Å². The zero-order chi connectivity index (χ0) is 3.41. The average molecular weight is 123 g/mol. The fourth-order valence-corrected chi connectivity index (χ4v) is 0. The van der Waals surface area contributed by atoms with Gasteiger partial charge in [0.25, 0.3) is 0 Å². The van der Waals surface area contributed by atoms with Gasteiger partial charge in [0.05, 0.1) is 0 Å². The zero-order valence-electron chi connectivity index (χ0n) is 3.07. The van der Waals surface area contributed by atoms with Gasteiger partial charge in [0, 0.05) is 21.7 Å². The smallest absolute Gasteiger partial charge is 0 e. The van der Waals surface area contributed by atoms with Crippen LogP contribution >= 0.6 is 12.6 Å². The number of hydrogen-bond acceptors (Lipinski definition) is 1. The molecule has 0 aliphatic rings. The molecule has 1 radical (unpaired) electrons. The van der Waals surface area contributed by atoms with Crippen molar-refractivity contribution in [2.45, 2.75) is 6.42 Å². The van der Waals surface area contributed by atoms with Crippen molar-refractivity contribution in [2.75, 3.05) is 5.75 Å². The van der Waals surface area contributed by atoms with Crippen LogP contribution in [0.25, 0.3) is 0 Å². The molecule has 0 saturated carbocycles. The van der Waals surface area contributed by atoms with Crippen LogP contribution in [0.2, 0.25) is 0 Å². The predicted octanol–water partition coefficient (Wildman–Crippen LogP) is 1.14. The molecule has 0 atom stereocenters. The summed E-state index contributed by atoms with van der Waals surface area (Å²) in [6.45, 7) is 3.53. The monoisotopic (exact) mass is 123 g/mol. The third-order valence-corrected chi connectivity index (χ3v) is 0.474. The summed E-state index contributed by atoms with van der Waals surface area (Å²) in [7, 11) is 0. The molecule has 0 rings (SSSR count). The van der Waals surface area contributed by atoms with Crippen LogP contribution in [0.5, 0.6) is 0 Å². The third kappa shape index (κ3) is 11.2. The molecule has 0 unspecified atom stereocenters. The van der Waals surface area contributed by atoms with Gasteiger partial charge in [-0.3, -0.25) is 0 Å². The van der Waals surface area contributed by atoms with E-state index < -0.39 is 0 Å². The second-order valence-corrected chi connectivity index (χ2v) is 1.02. The van der Waals surface area contributed by atoms with Gasteiger partial charge in [0.2, 0.25) is 0 Å². The largest absolute Gasteiger partial charge is 0.179 e. The van der Waals surface area contributed by atoms with E-state index in [4.69, 9.17) is 0 Å². The Morgan fingerprint density at radius 2 is 1.80 bits per heavy atom. The van der Waals surface area contributed by atoms with Crippen LogP contribution in [0.4, 0.5) is 0 Å². The summed E-state index contributed by atoms with van der Waals surface area (Å²) in [6.07, 6.45) is 0.934. The van der Waals surface area contributed by atoms with E-state index in [-0.39, 0.29) is 21.7 Å². The summed E-state index contributed by atoms with van der Waals surface area (Å²) in [4.78, 5) is 0. The molecule has 0 N–H and O–H groups in total. The zero-order valence-corrected chi connectivity index (χ0v) is 5.52. The van der Waals surface area contributed by atoms with Gasteiger partial charge in [-0.25, -0.2) is 0 Å². The molecule has 0 fully saturated rings. The van der Waals surface area contributed by atoms with Crippen LogP contribution in [0, 0.1) is 6.92 Å². The molecule has 0 amide bonds. The van der Waals surface area contributed by atoms with Crippen LogP contribution in [0.1, 0.15) is 6.42 Å². The Labute approximate surface area is 53.6 Å². The summed E-state index contributed by atoms with van der Waals surface area (Å²) in [5.74, 6) is 0.903. The van der Waals surface area contributed by atoms with Crippen LogP contribution in [0.15, 0.2) is 0 Å². The van der Waals surface area contributed by atoms with Gasteiger partial charge < -0.3 is 0 Å². The van der Waals surface area contributed by atoms with Crippen LogP contribution < -0.4 is 0 Å². The van der Waals surface area contributed by atoms with Crippen molar-refractivity contribution in [2.24, 2.45) is 0 Å². The van der Waals surface area contributed by atoms with Crippen LogP contribution in [0.3, 0.4) is 0 Å². The van der Waals surface area contributed by atoms with Gasteiger partial charge in [0.15, 0.2) is 0 Å². The standard InChI is InChI=1S/C3H7S.Ti/c1-2-3-4;/h4H,1-3H2;.